The monoisotopic (exact) mass is 398 g/mol. The summed E-state index contributed by atoms with van der Waals surface area (Å²) in [5.74, 6) is 0.325. The van der Waals surface area contributed by atoms with E-state index >= 15 is 0 Å². The Bertz CT molecular complexity index is 896. The van der Waals surface area contributed by atoms with E-state index in [0.29, 0.717) is 18.7 Å². The van der Waals surface area contributed by atoms with Crippen LogP contribution in [0.4, 0.5) is 4.39 Å². The fourth-order valence-electron chi connectivity index (χ4n) is 2.73. The molecule has 0 spiro atoms. The van der Waals surface area contributed by atoms with Gasteiger partial charge >= 0.3 is 0 Å². The van der Waals surface area contributed by atoms with Crippen molar-refractivity contribution in [3.63, 3.8) is 0 Å². The van der Waals surface area contributed by atoms with Gasteiger partial charge in [0.05, 0.1) is 12.2 Å². The van der Waals surface area contributed by atoms with Crippen molar-refractivity contribution in [1.29, 1.82) is 0 Å². The molecule has 4 nitrogen and oxygen atoms in total. The molecule has 1 aromatic heterocycles. The number of halogens is 1. The molecule has 0 aliphatic rings. The number of aromatic nitrogens is 1. The standard InChI is InChI=1S/C22H23FN2O2S/c1-3-16(2)25(22(26)17-9-11-18(23)12-10-17)13-19-15-28-21(24-19)14-27-20-7-5-4-6-8-20/h4-12,15-16H,3,13-14H2,1-2H3/t16-/m0/s1. The maximum absolute atomic E-state index is 13.2. The van der Waals surface area contributed by atoms with Crippen molar-refractivity contribution in [1.82, 2.24) is 9.88 Å². The van der Waals surface area contributed by atoms with Crippen molar-refractivity contribution in [2.45, 2.75) is 39.5 Å². The summed E-state index contributed by atoms with van der Waals surface area (Å²) >= 11 is 1.52. The molecule has 0 N–H and O–H groups in total. The third-order valence-electron chi connectivity index (χ3n) is 4.51. The lowest BCUT2D eigenvalue weighted by Crippen LogP contribution is -2.37. The highest BCUT2D eigenvalue weighted by Gasteiger charge is 2.22. The second kappa shape index (κ2) is 9.46. The Kier molecular flexibility index (Phi) is 6.76. The van der Waals surface area contributed by atoms with Crippen molar-refractivity contribution in [2.24, 2.45) is 0 Å². The van der Waals surface area contributed by atoms with Gasteiger partial charge in [0.2, 0.25) is 0 Å². The Labute approximate surface area is 168 Å². The predicted molar refractivity (Wildman–Crippen MR) is 109 cm³/mol. The van der Waals surface area contributed by atoms with Crippen LogP contribution in [0.5, 0.6) is 5.75 Å². The molecule has 2 aromatic carbocycles. The zero-order valence-corrected chi connectivity index (χ0v) is 16.8. The highest BCUT2D eigenvalue weighted by Crippen LogP contribution is 2.19. The lowest BCUT2D eigenvalue weighted by Gasteiger charge is -2.28. The summed E-state index contributed by atoms with van der Waals surface area (Å²) < 4.78 is 18.9. The van der Waals surface area contributed by atoms with Gasteiger partial charge in [-0.2, -0.15) is 0 Å². The first-order chi connectivity index (χ1) is 13.6. The molecule has 0 fully saturated rings. The second-order valence-corrected chi connectivity index (χ2v) is 7.47. The largest absolute Gasteiger partial charge is 0.486 e. The molecule has 0 saturated heterocycles. The van der Waals surface area contributed by atoms with Crippen molar-refractivity contribution in [3.8, 4) is 5.75 Å². The lowest BCUT2D eigenvalue weighted by molar-refractivity contribution is 0.0669. The van der Waals surface area contributed by atoms with Gasteiger partial charge in [-0.1, -0.05) is 25.1 Å². The molecule has 28 heavy (non-hydrogen) atoms. The van der Waals surface area contributed by atoms with Gasteiger partial charge in [0.25, 0.3) is 5.91 Å². The van der Waals surface area contributed by atoms with Gasteiger partial charge < -0.3 is 9.64 Å². The number of thiazole rings is 1. The van der Waals surface area contributed by atoms with Crippen LogP contribution in [-0.2, 0) is 13.2 Å². The molecule has 3 rings (SSSR count). The fourth-order valence-corrected chi connectivity index (χ4v) is 3.43. The van der Waals surface area contributed by atoms with Crippen molar-refractivity contribution >= 4 is 17.2 Å². The Hall–Kier alpha value is -2.73. The molecule has 0 aliphatic carbocycles. The molecular weight excluding hydrogens is 375 g/mol. The quantitative estimate of drug-likeness (QED) is 0.517. The van der Waals surface area contributed by atoms with E-state index in [0.717, 1.165) is 22.9 Å². The van der Waals surface area contributed by atoms with Crippen LogP contribution in [0.1, 0.15) is 41.3 Å². The Balaban J connectivity index is 1.68. The zero-order chi connectivity index (χ0) is 19.9. The van der Waals surface area contributed by atoms with E-state index in [4.69, 9.17) is 4.74 Å². The number of amides is 1. The topological polar surface area (TPSA) is 42.4 Å². The van der Waals surface area contributed by atoms with E-state index in [1.807, 2.05) is 49.6 Å². The average Bonchev–Trinajstić information content (AvgIpc) is 3.18. The number of nitrogens with zero attached hydrogens (tertiary/aromatic N) is 2. The molecule has 0 saturated carbocycles. The molecule has 146 valence electrons. The first-order valence-corrected chi connectivity index (χ1v) is 10.1. The highest BCUT2D eigenvalue weighted by atomic mass is 32.1. The summed E-state index contributed by atoms with van der Waals surface area (Å²) in [5.41, 5.74) is 1.30. The van der Waals surface area contributed by atoms with Crippen molar-refractivity contribution in [2.75, 3.05) is 0 Å². The molecule has 1 heterocycles. The molecule has 0 unspecified atom stereocenters. The Morgan fingerprint density at radius 3 is 2.57 bits per heavy atom. The Morgan fingerprint density at radius 1 is 1.18 bits per heavy atom. The smallest absolute Gasteiger partial charge is 0.254 e. The average molecular weight is 399 g/mol. The fraction of sp³-hybridized carbons (Fsp3) is 0.273. The van der Waals surface area contributed by atoms with Crippen LogP contribution in [-0.4, -0.2) is 21.8 Å². The predicted octanol–water partition coefficient (Wildman–Crippen LogP) is 5.30. The molecule has 0 aliphatic heterocycles. The van der Waals surface area contributed by atoms with Gasteiger partial charge in [-0.05, 0) is 49.7 Å². The van der Waals surface area contributed by atoms with E-state index in [-0.39, 0.29) is 17.8 Å². The SMILES string of the molecule is CC[C@H](C)N(Cc1csc(COc2ccccc2)n1)C(=O)c1ccc(F)cc1. The van der Waals surface area contributed by atoms with Gasteiger partial charge in [0.1, 0.15) is 23.2 Å². The van der Waals surface area contributed by atoms with Crippen LogP contribution < -0.4 is 4.74 Å². The maximum Gasteiger partial charge on any atom is 0.254 e. The summed E-state index contributed by atoms with van der Waals surface area (Å²) in [7, 11) is 0. The first-order valence-electron chi connectivity index (χ1n) is 9.24. The third-order valence-corrected chi connectivity index (χ3v) is 5.38. The van der Waals surface area contributed by atoms with E-state index in [9.17, 15) is 9.18 Å². The number of benzene rings is 2. The minimum Gasteiger partial charge on any atom is -0.486 e. The number of ether oxygens (including phenoxy) is 1. The number of carbonyl (C=O) groups excluding carboxylic acids is 1. The van der Waals surface area contributed by atoms with Crippen LogP contribution >= 0.6 is 11.3 Å². The zero-order valence-electron chi connectivity index (χ0n) is 16.0. The normalized spacial score (nSPS) is 11.8. The molecule has 0 bridgehead atoms. The van der Waals surface area contributed by atoms with Crippen LogP contribution in [0.2, 0.25) is 0 Å². The summed E-state index contributed by atoms with van der Waals surface area (Å²) in [4.78, 5) is 19.3. The molecular formula is C22H23FN2O2S. The molecule has 1 amide bonds. The van der Waals surface area contributed by atoms with Gasteiger partial charge in [-0.15, -0.1) is 11.3 Å². The van der Waals surface area contributed by atoms with Crippen LogP contribution in [0.3, 0.4) is 0 Å². The van der Waals surface area contributed by atoms with Crippen LogP contribution in [0.15, 0.2) is 60.0 Å². The summed E-state index contributed by atoms with van der Waals surface area (Å²) in [5, 5.41) is 2.81. The van der Waals surface area contributed by atoms with Gasteiger partial charge in [-0.25, -0.2) is 9.37 Å². The third kappa shape index (κ3) is 5.16. The number of para-hydroxylation sites is 1. The number of carbonyl (C=O) groups is 1. The summed E-state index contributed by atoms with van der Waals surface area (Å²) in [6.45, 7) is 4.85. The van der Waals surface area contributed by atoms with Crippen molar-refractivity contribution in [3.05, 3.63) is 82.1 Å². The van der Waals surface area contributed by atoms with Gasteiger partial charge in [0.15, 0.2) is 0 Å². The minimum atomic E-state index is -0.353. The van der Waals surface area contributed by atoms with E-state index < -0.39 is 0 Å². The second-order valence-electron chi connectivity index (χ2n) is 6.53. The number of hydrogen-bond acceptors (Lipinski definition) is 4. The van der Waals surface area contributed by atoms with Crippen molar-refractivity contribution < 1.29 is 13.9 Å². The van der Waals surface area contributed by atoms with E-state index in [2.05, 4.69) is 4.98 Å². The summed E-state index contributed by atoms with van der Waals surface area (Å²) in [6.07, 6.45) is 0.820. The molecule has 1 atom stereocenters. The highest BCUT2D eigenvalue weighted by molar-refractivity contribution is 7.09. The van der Waals surface area contributed by atoms with Crippen LogP contribution in [0, 0.1) is 5.82 Å². The molecule has 3 aromatic rings. The Morgan fingerprint density at radius 2 is 1.89 bits per heavy atom. The van der Waals surface area contributed by atoms with E-state index in [1.165, 1.54) is 35.6 Å². The number of rotatable bonds is 8. The lowest BCUT2D eigenvalue weighted by atomic mass is 10.1. The number of hydrogen-bond donors (Lipinski definition) is 0. The first kappa shape index (κ1) is 20.0. The van der Waals surface area contributed by atoms with Gasteiger partial charge in [-0.3, -0.25) is 4.79 Å². The van der Waals surface area contributed by atoms with E-state index in [1.54, 1.807) is 4.90 Å². The van der Waals surface area contributed by atoms with Gasteiger partial charge in [0, 0.05) is 17.0 Å². The minimum absolute atomic E-state index is 0.0447. The summed E-state index contributed by atoms with van der Waals surface area (Å²) in [6, 6.07) is 15.3. The van der Waals surface area contributed by atoms with Crippen LogP contribution in [0.25, 0.3) is 0 Å². The maximum atomic E-state index is 13.2. The molecule has 6 heteroatoms. The molecule has 0 radical (unpaired) electrons.